The zero-order valence-corrected chi connectivity index (χ0v) is 18.7. The second-order valence-electron chi connectivity index (χ2n) is 7.95. The van der Waals surface area contributed by atoms with Crippen molar-refractivity contribution in [1.29, 1.82) is 0 Å². The first-order valence-corrected chi connectivity index (χ1v) is 12.1. The largest absolute Gasteiger partial charge is 0.497 e. The van der Waals surface area contributed by atoms with Gasteiger partial charge in [0.2, 0.25) is 10.0 Å². The van der Waals surface area contributed by atoms with Crippen molar-refractivity contribution in [2.24, 2.45) is 0 Å². The Labute approximate surface area is 183 Å². The zero-order chi connectivity index (χ0) is 21.8. The fourth-order valence-corrected chi connectivity index (χ4v) is 5.88. The van der Waals surface area contributed by atoms with Gasteiger partial charge in [-0.3, -0.25) is 0 Å². The molecule has 3 aromatic rings. The monoisotopic (exact) mass is 440 g/mol. The highest BCUT2D eigenvalue weighted by molar-refractivity contribution is 7.89. The van der Waals surface area contributed by atoms with Crippen LogP contribution in [0.1, 0.15) is 44.2 Å². The Bertz CT molecular complexity index is 1110. The summed E-state index contributed by atoms with van der Waals surface area (Å²) in [5.74, 6) is 0.792. The van der Waals surface area contributed by atoms with Gasteiger partial charge in [0, 0.05) is 12.1 Å². The molecule has 0 bridgehead atoms. The van der Waals surface area contributed by atoms with Crippen LogP contribution in [0, 0.1) is 0 Å². The standard InChI is InChI=1S/C23H28N4O3S/c1-3-17-13-19(18-7-10-22(30-2)11-8-18)9-12-23(17)31(28,29)26-20-5-4-6-21(14-20)27-15-24-25-16-27/h7-13,15-16,20-21,26H,3-6,14H2,1-2H3/t20-,21+/m0/s1. The van der Waals surface area contributed by atoms with Crippen LogP contribution >= 0.6 is 0 Å². The first kappa shape index (κ1) is 21.5. The molecule has 1 N–H and O–H groups in total. The van der Waals surface area contributed by atoms with Crippen LogP contribution in [-0.4, -0.2) is 36.3 Å². The maximum absolute atomic E-state index is 13.2. The van der Waals surface area contributed by atoms with Gasteiger partial charge in [-0.1, -0.05) is 25.1 Å². The summed E-state index contributed by atoms with van der Waals surface area (Å²) in [6.45, 7) is 1.98. The molecule has 0 amide bonds. The van der Waals surface area contributed by atoms with Gasteiger partial charge in [0.05, 0.1) is 12.0 Å². The van der Waals surface area contributed by atoms with Crippen LogP contribution in [0.2, 0.25) is 0 Å². The number of hydrogen-bond donors (Lipinski definition) is 1. The molecule has 2 atom stereocenters. The zero-order valence-electron chi connectivity index (χ0n) is 17.9. The van der Waals surface area contributed by atoms with Gasteiger partial charge in [0.1, 0.15) is 18.4 Å². The highest BCUT2D eigenvalue weighted by atomic mass is 32.2. The molecule has 2 aromatic carbocycles. The van der Waals surface area contributed by atoms with Gasteiger partial charge in [-0.2, -0.15) is 0 Å². The molecule has 0 radical (unpaired) electrons. The van der Waals surface area contributed by atoms with Gasteiger partial charge >= 0.3 is 0 Å². The lowest BCUT2D eigenvalue weighted by Crippen LogP contribution is -2.39. The van der Waals surface area contributed by atoms with E-state index in [1.807, 2.05) is 47.9 Å². The smallest absolute Gasteiger partial charge is 0.241 e. The lowest BCUT2D eigenvalue weighted by molar-refractivity contribution is 0.305. The van der Waals surface area contributed by atoms with Crippen LogP contribution in [0.25, 0.3) is 11.1 Å². The van der Waals surface area contributed by atoms with Crippen molar-refractivity contribution in [1.82, 2.24) is 19.5 Å². The first-order valence-electron chi connectivity index (χ1n) is 10.6. The Morgan fingerprint density at radius 2 is 1.77 bits per heavy atom. The van der Waals surface area contributed by atoms with Gasteiger partial charge in [0.25, 0.3) is 0 Å². The molecule has 164 valence electrons. The van der Waals surface area contributed by atoms with Crippen LogP contribution in [0.5, 0.6) is 5.75 Å². The summed E-state index contributed by atoms with van der Waals surface area (Å²) in [6, 6.07) is 13.5. The third kappa shape index (κ3) is 4.80. The summed E-state index contributed by atoms with van der Waals surface area (Å²) < 4.78 is 36.6. The molecule has 1 fully saturated rings. The van der Waals surface area contributed by atoms with E-state index in [4.69, 9.17) is 4.74 Å². The minimum Gasteiger partial charge on any atom is -0.497 e. The van der Waals surface area contributed by atoms with Crippen molar-refractivity contribution in [2.45, 2.75) is 56.0 Å². The Balaban J connectivity index is 1.54. The van der Waals surface area contributed by atoms with E-state index in [9.17, 15) is 8.42 Å². The predicted octanol–water partition coefficient (Wildman–Crippen LogP) is 3.98. The van der Waals surface area contributed by atoms with Crippen LogP contribution in [0.15, 0.2) is 60.0 Å². The van der Waals surface area contributed by atoms with E-state index in [0.717, 1.165) is 48.1 Å². The molecule has 0 unspecified atom stereocenters. The van der Waals surface area contributed by atoms with Gasteiger partial charge in [-0.05, 0) is 73.1 Å². The average Bonchev–Trinajstić information content (AvgIpc) is 3.34. The fraction of sp³-hybridized carbons (Fsp3) is 0.391. The van der Waals surface area contributed by atoms with Crippen molar-refractivity contribution >= 4 is 10.0 Å². The maximum atomic E-state index is 13.2. The van der Waals surface area contributed by atoms with Crippen LogP contribution < -0.4 is 9.46 Å². The minimum atomic E-state index is -3.62. The Morgan fingerprint density at radius 1 is 1.06 bits per heavy atom. The molecular weight excluding hydrogens is 412 g/mol. The number of methoxy groups -OCH3 is 1. The first-order chi connectivity index (χ1) is 15.0. The summed E-state index contributed by atoms with van der Waals surface area (Å²) in [7, 11) is -1.98. The Kier molecular flexibility index (Phi) is 6.38. The van der Waals surface area contributed by atoms with Gasteiger partial charge in [0.15, 0.2) is 0 Å². The van der Waals surface area contributed by atoms with Gasteiger partial charge < -0.3 is 9.30 Å². The van der Waals surface area contributed by atoms with E-state index in [1.165, 1.54) is 0 Å². The number of benzene rings is 2. The van der Waals surface area contributed by atoms with Crippen molar-refractivity contribution in [2.75, 3.05) is 7.11 Å². The Morgan fingerprint density at radius 3 is 2.45 bits per heavy atom. The second kappa shape index (κ2) is 9.20. The van der Waals surface area contributed by atoms with Gasteiger partial charge in [-0.25, -0.2) is 13.1 Å². The molecule has 1 heterocycles. The van der Waals surface area contributed by atoms with Crippen molar-refractivity contribution in [3.05, 3.63) is 60.7 Å². The molecule has 8 heteroatoms. The number of nitrogens with zero attached hydrogens (tertiary/aromatic N) is 3. The van der Waals surface area contributed by atoms with E-state index in [-0.39, 0.29) is 12.1 Å². The average molecular weight is 441 g/mol. The summed E-state index contributed by atoms with van der Waals surface area (Å²) in [6.07, 6.45) is 7.59. The van der Waals surface area contributed by atoms with Crippen LogP contribution in [-0.2, 0) is 16.4 Å². The van der Waals surface area contributed by atoms with E-state index >= 15 is 0 Å². The van der Waals surface area contributed by atoms with Gasteiger partial charge in [-0.15, -0.1) is 10.2 Å². The molecule has 7 nitrogen and oxygen atoms in total. The number of aryl methyl sites for hydroxylation is 1. The third-order valence-electron chi connectivity index (χ3n) is 5.98. The molecule has 0 saturated heterocycles. The van der Waals surface area contributed by atoms with E-state index in [1.54, 1.807) is 25.8 Å². The highest BCUT2D eigenvalue weighted by Crippen LogP contribution is 2.31. The summed E-state index contributed by atoms with van der Waals surface area (Å²) in [5.41, 5.74) is 2.83. The van der Waals surface area contributed by atoms with E-state index in [0.29, 0.717) is 11.3 Å². The SMILES string of the molecule is CCc1cc(-c2ccc(OC)cc2)ccc1S(=O)(=O)N[C@H]1CCC[C@@H](n2cnnc2)C1. The molecule has 1 saturated carbocycles. The molecule has 0 spiro atoms. The number of hydrogen-bond acceptors (Lipinski definition) is 5. The minimum absolute atomic E-state index is 0.0999. The summed E-state index contributed by atoms with van der Waals surface area (Å²) in [5, 5.41) is 7.75. The summed E-state index contributed by atoms with van der Waals surface area (Å²) in [4.78, 5) is 0.360. The lowest BCUT2D eigenvalue weighted by Gasteiger charge is -2.30. The van der Waals surface area contributed by atoms with E-state index in [2.05, 4.69) is 14.9 Å². The molecule has 4 rings (SSSR count). The normalized spacial score (nSPS) is 19.3. The molecule has 1 aliphatic carbocycles. The summed E-state index contributed by atoms with van der Waals surface area (Å²) >= 11 is 0. The van der Waals surface area contributed by atoms with Crippen molar-refractivity contribution < 1.29 is 13.2 Å². The van der Waals surface area contributed by atoms with Crippen LogP contribution in [0.3, 0.4) is 0 Å². The molecule has 31 heavy (non-hydrogen) atoms. The number of sulfonamides is 1. The highest BCUT2D eigenvalue weighted by Gasteiger charge is 2.28. The number of nitrogens with one attached hydrogen (secondary N) is 1. The molecule has 1 aliphatic rings. The number of ether oxygens (including phenoxy) is 1. The lowest BCUT2D eigenvalue weighted by atomic mass is 9.91. The van der Waals surface area contributed by atoms with Crippen LogP contribution in [0.4, 0.5) is 0 Å². The Hall–Kier alpha value is -2.71. The quantitative estimate of drug-likeness (QED) is 0.601. The maximum Gasteiger partial charge on any atom is 0.241 e. The predicted molar refractivity (Wildman–Crippen MR) is 119 cm³/mol. The number of aromatic nitrogens is 3. The molecule has 1 aromatic heterocycles. The van der Waals surface area contributed by atoms with Crippen molar-refractivity contribution in [3.8, 4) is 16.9 Å². The third-order valence-corrected chi connectivity index (χ3v) is 7.60. The molecule has 0 aliphatic heterocycles. The van der Waals surface area contributed by atoms with E-state index < -0.39 is 10.0 Å². The topological polar surface area (TPSA) is 86.1 Å². The second-order valence-corrected chi connectivity index (χ2v) is 9.63. The van der Waals surface area contributed by atoms with Crippen molar-refractivity contribution in [3.63, 3.8) is 0 Å². The molecular formula is C23H28N4O3S. The fourth-order valence-electron chi connectivity index (χ4n) is 4.30. The number of rotatable bonds is 7.